The number of pyridine rings is 1. The average molecular weight is 455 g/mol. The molecule has 1 N–H and O–H groups in total. The van der Waals surface area contributed by atoms with Gasteiger partial charge in [-0.15, -0.1) is 0 Å². The summed E-state index contributed by atoms with van der Waals surface area (Å²) >= 11 is 0. The number of carbonyl (C=O) groups is 3. The van der Waals surface area contributed by atoms with Crippen molar-refractivity contribution in [3.63, 3.8) is 0 Å². The lowest BCUT2D eigenvalue weighted by Gasteiger charge is -2.41. The van der Waals surface area contributed by atoms with Crippen LogP contribution in [-0.4, -0.2) is 34.2 Å². The molecule has 7 heteroatoms. The van der Waals surface area contributed by atoms with Gasteiger partial charge in [-0.2, -0.15) is 0 Å². The normalized spacial score (nSPS) is 16.2. The van der Waals surface area contributed by atoms with E-state index in [1.807, 2.05) is 54.6 Å². The average Bonchev–Trinajstić information content (AvgIpc) is 3.17. The van der Waals surface area contributed by atoms with Crippen molar-refractivity contribution in [1.82, 2.24) is 15.2 Å². The molecule has 0 radical (unpaired) electrons. The molecule has 3 heterocycles. The lowest BCUT2D eigenvalue weighted by Crippen LogP contribution is -2.48. The third-order valence-electron chi connectivity index (χ3n) is 6.40. The maximum atomic E-state index is 13.4. The Morgan fingerprint density at radius 1 is 0.882 bits per heavy atom. The van der Waals surface area contributed by atoms with Crippen LogP contribution in [-0.2, 0) is 11.3 Å². The number of nitrogens with zero attached hydrogens (tertiary/aromatic N) is 3. The Kier molecular flexibility index (Phi) is 6.08. The SMILES string of the molecule is O=C(CCCCCN1C(=O)c2ccccc2N2C(=O)c3ccccc3[C@@H]12)NCc1cccnc1. The van der Waals surface area contributed by atoms with E-state index >= 15 is 0 Å². The number of unbranched alkanes of at least 4 members (excludes halogenated alkanes) is 2. The fourth-order valence-electron chi connectivity index (χ4n) is 4.74. The standard InChI is InChI=1S/C27H26N4O3/c32-24(29-18-19-9-8-15-28-17-19)14-2-1-7-16-30-25-20-10-3-4-11-21(20)27(34)31(25)23-13-6-5-12-22(23)26(30)33/h3-6,8-13,15,17,25H,1-2,7,14,16,18H2,(H,29,32)/t25-/m0/s1. The van der Waals surface area contributed by atoms with Crippen molar-refractivity contribution >= 4 is 23.4 Å². The fourth-order valence-corrected chi connectivity index (χ4v) is 4.74. The smallest absolute Gasteiger partial charge is 0.260 e. The predicted octanol–water partition coefficient (Wildman–Crippen LogP) is 4.07. The van der Waals surface area contributed by atoms with E-state index in [4.69, 9.17) is 0 Å². The largest absolute Gasteiger partial charge is 0.352 e. The molecule has 0 aliphatic carbocycles. The monoisotopic (exact) mass is 454 g/mol. The molecule has 34 heavy (non-hydrogen) atoms. The number of amides is 3. The maximum Gasteiger partial charge on any atom is 0.260 e. The summed E-state index contributed by atoms with van der Waals surface area (Å²) in [4.78, 5) is 46.3. The highest BCUT2D eigenvalue weighted by Gasteiger charge is 2.47. The number of nitrogens with one attached hydrogen (secondary N) is 1. The van der Waals surface area contributed by atoms with E-state index in [2.05, 4.69) is 10.3 Å². The zero-order chi connectivity index (χ0) is 23.5. The van der Waals surface area contributed by atoms with Gasteiger partial charge in [0.15, 0.2) is 0 Å². The Morgan fingerprint density at radius 3 is 2.50 bits per heavy atom. The van der Waals surface area contributed by atoms with Crippen LogP contribution in [0.3, 0.4) is 0 Å². The second-order valence-corrected chi connectivity index (χ2v) is 8.60. The van der Waals surface area contributed by atoms with Crippen LogP contribution in [0.1, 0.15) is 63.7 Å². The van der Waals surface area contributed by atoms with Crippen LogP contribution in [0, 0.1) is 0 Å². The number of para-hydroxylation sites is 1. The topological polar surface area (TPSA) is 82.6 Å². The van der Waals surface area contributed by atoms with E-state index in [0.717, 1.165) is 30.4 Å². The van der Waals surface area contributed by atoms with E-state index in [0.29, 0.717) is 36.3 Å². The minimum atomic E-state index is -0.422. The zero-order valence-corrected chi connectivity index (χ0v) is 18.8. The van der Waals surface area contributed by atoms with E-state index in [9.17, 15) is 14.4 Å². The van der Waals surface area contributed by atoms with Gasteiger partial charge >= 0.3 is 0 Å². The number of benzene rings is 2. The highest BCUT2D eigenvalue weighted by atomic mass is 16.2. The van der Waals surface area contributed by atoms with Crippen molar-refractivity contribution in [3.05, 3.63) is 95.3 Å². The number of hydrogen-bond acceptors (Lipinski definition) is 4. The molecule has 1 aromatic heterocycles. The van der Waals surface area contributed by atoms with Gasteiger partial charge in [0.05, 0.1) is 11.3 Å². The summed E-state index contributed by atoms with van der Waals surface area (Å²) in [5, 5.41) is 2.92. The van der Waals surface area contributed by atoms with Gasteiger partial charge in [-0.05, 0) is 42.7 Å². The van der Waals surface area contributed by atoms with Crippen molar-refractivity contribution in [2.75, 3.05) is 11.4 Å². The molecule has 0 bridgehead atoms. The molecule has 7 nitrogen and oxygen atoms in total. The first-order valence-corrected chi connectivity index (χ1v) is 11.6. The number of aromatic nitrogens is 1. The summed E-state index contributed by atoms with van der Waals surface area (Å²) < 4.78 is 0. The first-order chi connectivity index (χ1) is 16.6. The molecule has 3 amide bonds. The summed E-state index contributed by atoms with van der Waals surface area (Å²) in [6.07, 6.45) is 5.77. The van der Waals surface area contributed by atoms with Crippen LogP contribution in [0.15, 0.2) is 73.1 Å². The molecule has 0 saturated carbocycles. The molecular formula is C27H26N4O3. The Balaban J connectivity index is 1.21. The molecule has 0 saturated heterocycles. The summed E-state index contributed by atoms with van der Waals surface area (Å²) in [6, 6.07) is 18.6. The van der Waals surface area contributed by atoms with Crippen molar-refractivity contribution < 1.29 is 14.4 Å². The maximum absolute atomic E-state index is 13.4. The zero-order valence-electron chi connectivity index (χ0n) is 18.8. The van der Waals surface area contributed by atoms with Gasteiger partial charge in [-0.1, -0.05) is 42.8 Å². The van der Waals surface area contributed by atoms with E-state index in [1.54, 1.807) is 28.3 Å². The van der Waals surface area contributed by atoms with E-state index in [1.165, 1.54) is 0 Å². The third-order valence-corrected chi connectivity index (χ3v) is 6.40. The Hall–Kier alpha value is -4.00. The second-order valence-electron chi connectivity index (χ2n) is 8.60. The fraction of sp³-hybridized carbons (Fsp3) is 0.259. The minimum Gasteiger partial charge on any atom is -0.352 e. The highest BCUT2D eigenvalue weighted by molar-refractivity contribution is 6.16. The summed E-state index contributed by atoms with van der Waals surface area (Å²) in [7, 11) is 0. The van der Waals surface area contributed by atoms with Gasteiger partial charge in [0.2, 0.25) is 5.91 Å². The summed E-state index contributed by atoms with van der Waals surface area (Å²) in [5.41, 5.74) is 3.70. The van der Waals surface area contributed by atoms with Crippen LogP contribution in [0.25, 0.3) is 0 Å². The number of anilines is 1. The van der Waals surface area contributed by atoms with Crippen LogP contribution in [0.4, 0.5) is 5.69 Å². The molecular weight excluding hydrogens is 428 g/mol. The first-order valence-electron chi connectivity index (χ1n) is 11.6. The number of hydrogen-bond donors (Lipinski definition) is 1. The van der Waals surface area contributed by atoms with Gasteiger partial charge in [0, 0.05) is 43.0 Å². The first kappa shape index (κ1) is 21.8. The van der Waals surface area contributed by atoms with Crippen molar-refractivity contribution in [2.24, 2.45) is 0 Å². The van der Waals surface area contributed by atoms with Gasteiger partial charge in [0.25, 0.3) is 11.8 Å². The molecule has 172 valence electrons. The number of fused-ring (bicyclic) bond motifs is 5. The summed E-state index contributed by atoms with van der Waals surface area (Å²) in [5.74, 6) is -0.125. The van der Waals surface area contributed by atoms with Crippen LogP contribution in [0.2, 0.25) is 0 Å². The Labute approximate surface area is 198 Å². The van der Waals surface area contributed by atoms with Gasteiger partial charge in [0.1, 0.15) is 6.17 Å². The Morgan fingerprint density at radius 2 is 1.68 bits per heavy atom. The minimum absolute atomic E-state index is 0.00771. The van der Waals surface area contributed by atoms with Crippen LogP contribution >= 0.6 is 0 Å². The van der Waals surface area contributed by atoms with Gasteiger partial charge in [-0.25, -0.2) is 0 Å². The molecule has 2 aromatic carbocycles. The molecule has 0 fully saturated rings. The van der Waals surface area contributed by atoms with E-state index < -0.39 is 6.17 Å². The molecule has 2 aliphatic rings. The van der Waals surface area contributed by atoms with Crippen LogP contribution in [0.5, 0.6) is 0 Å². The van der Waals surface area contributed by atoms with Crippen molar-refractivity contribution in [1.29, 1.82) is 0 Å². The van der Waals surface area contributed by atoms with Gasteiger partial charge < -0.3 is 10.2 Å². The number of carbonyl (C=O) groups excluding carboxylic acids is 3. The van der Waals surface area contributed by atoms with Crippen molar-refractivity contribution in [3.8, 4) is 0 Å². The number of rotatable bonds is 8. The predicted molar refractivity (Wildman–Crippen MR) is 128 cm³/mol. The molecule has 5 rings (SSSR count). The molecule has 1 atom stereocenters. The second kappa shape index (κ2) is 9.47. The quantitative estimate of drug-likeness (QED) is 0.520. The lowest BCUT2D eigenvalue weighted by atomic mass is 10.0. The molecule has 2 aliphatic heterocycles. The van der Waals surface area contributed by atoms with Crippen molar-refractivity contribution in [2.45, 2.75) is 38.4 Å². The third kappa shape index (κ3) is 4.05. The molecule has 0 spiro atoms. The highest BCUT2D eigenvalue weighted by Crippen LogP contribution is 2.45. The van der Waals surface area contributed by atoms with E-state index in [-0.39, 0.29) is 17.7 Å². The Bertz CT molecular complexity index is 1230. The van der Waals surface area contributed by atoms with Gasteiger partial charge in [-0.3, -0.25) is 24.3 Å². The summed E-state index contributed by atoms with van der Waals surface area (Å²) in [6.45, 7) is 0.993. The molecule has 0 unspecified atom stereocenters. The van der Waals surface area contributed by atoms with Crippen LogP contribution < -0.4 is 10.2 Å². The lowest BCUT2D eigenvalue weighted by molar-refractivity contribution is -0.121. The molecule has 3 aromatic rings.